The quantitative estimate of drug-likeness (QED) is 0.560. The molecule has 0 fully saturated rings. The lowest BCUT2D eigenvalue weighted by Gasteiger charge is -2.21. The number of benzene rings is 2. The van der Waals surface area contributed by atoms with Crippen LogP contribution >= 0.6 is 11.6 Å². The fourth-order valence-corrected chi connectivity index (χ4v) is 2.98. The van der Waals surface area contributed by atoms with E-state index < -0.39 is 0 Å². The highest BCUT2D eigenvalue weighted by Gasteiger charge is 2.08. The molecule has 0 aliphatic carbocycles. The number of anilines is 5. The fourth-order valence-electron chi connectivity index (χ4n) is 2.81. The SMILES string of the molecule is CCN(CC)c1ccc(Nc2nncc(Nc3cc(Cl)ccc3OC)n2)cc1. The van der Waals surface area contributed by atoms with Gasteiger partial charge in [-0.25, -0.2) is 0 Å². The zero-order valence-corrected chi connectivity index (χ0v) is 16.9. The smallest absolute Gasteiger partial charge is 0.249 e. The van der Waals surface area contributed by atoms with Crippen LogP contribution in [0.25, 0.3) is 0 Å². The predicted octanol–water partition coefficient (Wildman–Crippen LogP) is 4.87. The lowest BCUT2D eigenvalue weighted by Crippen LogP contribution is -2.21. The minimum Gasteiger partial charge on any atom is -0.495 e. The summed E-state index contributed by atoms with van der Waals surface area (Å²) in [5.41, 5.74) is 2.76. The Hall–Kier alpha value is -3.06. The maximum absolute atomic E-state index is 6.07. The summed E-state index contributed by atoms with van der Waals surface area (Å²) in [6, 6.07) is 13.5. The molecule has 0 amide bonds. The third kappa shape index (κ3) is 4.80. The van der Waals surface area contributed by atoms with Gasteiger partial charge in [-0.2, -0.15) is 10.1 Å². The summed E-state index contributed by atoms with van der Waals surface area (Å²) in [7, 11) is 1.60. The molecule has 146 valence electrons. The minimum atomic E-state index is 0.390. The molecule has 0 radical (unpaired) electrons. The van der Waals surface area contributed by atoms with Crippen molar-refractivity contribution in [3.63, 3.8) is 0 Å². The van der Waals surface area contributed by atoms with Gasteiger partial charge in [0.05, 0.1) is 19.0 Å². The average molecular weight is 399 g/mol. The van der Waals surface area contributed by atoms with Gasteiger partial charge in [-0.3, -0.25) is 0 Å². The van der Waals surface area contributed by atoms with Crippen LogP contribution in [0.15, 0.2) is 48.7 Å². The molecular formula is C20H23ClN6O. The van der Waals surface area contributed by atoms with Gasteiger partial charge in [0.15, 0.2) is 5.82 Å². The minimum absolute atomic E-state index is 0.390. The molecular weight excluding hydrogens is 376 g/mol. The molecule has 0 aliphatic heterocycles. The molecule has 3 rings (SSSR count). The summed E-state index contributed by atoms with van der Waals surface area (Å²) in [4.78, 5) is 6.74. The van der Waals surface area contributed by atoms with Gasteiger partial charge in [-0.1, -0.05) is 11.6 Å². The van der Waals surface area contributed by atoms with Gasteiger partial charge in [-0.15, -0.1) is 5.10 Å². The number of rotatable bonds is 8. The van der Waals surface area contributed by atoms with Gasteiger partial charge in [0.25, 0.3) is 0 Å². The Morgan fingerprint density at radius 1 is 1.04 bits per heavy atom. The lowest BCUT2D eigenvalue weighted by molar-refractivity contribution is 0.417. The Kier molecular flexibility index (Phi) is 6.49. The number of halogens is 1. The second-order valence-corrected chi connectivity index (χ2v) is 6.42. The fraction of sp³-hybridized carbons (Fsp3) is 0.250. The number of nitrogens with zero attached hydrogens (tertiary/aromatic N) is 4. The average Bonchev–Trinajstić information content (AvgIpc) is 2.71. The van der Waals surface area contributed by atoms with E-state index in [0.29, 0.717) is 28.2 Å². The molecule has 2 aromatic carbocycles. The van der Waals surface area contributed by atoms with E-state index in [2.05, 4.69) is 56.7 Å². The summed E-state index contributed by atoms with van der Waals surface area (Å²) in [5.74, 6) is 1.57. The normalized spacial score (nSPS) is 10.4. The first-order valence-corrected chi connectivity index (χ1v) is 9.43. The number of ether oxygens (including phenoxy) is 1. The third-order valence-corrected chi connectivity index (χ3v) is 4.47. The van der Waals surface area contributed by atoms with Gasteiger partial charge in [0, 0.05) is 29.5 Å². The molecule has 2 N–H and O–H groups in total. The third-order valence-electron chi connectivity index (χ3n) is 4.24. The highest BCUT2D eigenvalue weighted by molar-refractivity contribution is 6.31. The van der Waals surface area contributed by atoms with Crippen LogP contribution in [0.4, 0.5) is 28.8 Å². The molecule has 0 saturated heterocycles. The van der Waals surface area contributed by atoms with Crippen molar-refractivity contribution >= 4 is 40.4 Å². The van der Waals surface area contributed by atoms with Gasteiger partial charge in [-0.05, 0) is 56.3 Å². The summed E-state index contributed by atoms with van der Waals surface area (Å²) >= 11 is 6.07. The van der Waals surface area contributed by atoms with Crippen molar-refractivity contribution in [3.05, 3.63) is 53.7 Å². The van der Waals surface area contributed by atoms with Crippen LogP contribution in [0.3, 0.4) is 0 Å². The Balaban J connectivity index is 1.74. The van der Waals surface area contributed by atoms with Crippen molar-refractivity contribution in [2.75, 3.05) is 35.7 Å². The summed E-state index contributed by atoms with van der Waals surface area (Å²) in [6.45, 7) is 6.22. The van der Waals surface area contributed by atoms with Crippen molar-refractivity contribution in [2.45, 2.75) is 13.8 Å². The molecule has 0 spiro atoms. The molecule has 3 aromatic rings. The predicted molar refractivity (Wildman–Crippen MR) is 114 cm³/mol. The number of hydrogen-bond acceptors (Lipinski definition) is 7. The van der Waals surface area contributed by atoms with E-state index in [-0.39, 0.29) is 0 Å². The highest BCUT2D eigenvalue weighted by atomic mass is 35.5. The molecule has 0 atom stereocenters. The summed E-state index contributed by atoms with van der Waals surface area (Å²) < 4.78 is 5.34. The van der Waals surface area contributed by atoms with E-state index in [1.54, 1.807) is 25.3 Å². The Bertz CT molecular complexity index is 915. The van der Waals surface area contributed by atoms with E-state index in [4.69, 9.17) is 16.3 Å². The second-order valence-electron chi connectivity index (χ2n) is 5.98. The Labute approximate surface area is 169 Å². The van der Waals surface area contributed by atoms with Crippen molar-refractivity contribution in [1.29, 1.82) is 0 Å². The Morgan fingerprint density at radius 3 is 2.46 bits per heavy atom. The van der Waals surface area contributed by atoms with Gasteiger partial charge >= 0.3 is 0 Å². The topological polar surface area (TPSA) is 75.2 Å². The maximum Gasteiger partial charge on any atom is 0.249 e. The van der Waals surface area contributed by atoms with Gasteiger partial charge in [0.2, 0.25) is 5.95 Å². The molecule has 1 heterocycles. The Morgan fingerprint density at radius 2 is 1.79 bits per heavy atom. The van der Waals surface area contributed by atoms with Crippen LogP contribution < -0.4 is 20.3 Å². The molecule has 1 aromatic heterocycles. The van der Waals surface area contributed by atoms with Crippen LogP contribution in [0.5, 0.6) is 5.75 Å². The first-order valence-electron chi connectivity index (χ1n) is 9.05. The number of nitrogens with one attached hydrogen (secondary N) is 2. The summed E-state index contributed by atoms with van der Waals surface area (Å²) in [6.07, 6.45) is 1.54. The number of methoxy groups -OCH3 is 1. The van der Waals surface area contributed by atoms with Crippen molar-refractivity contribution < 1.29 is 4.74 Å². The molecule has 0 aliphatic rings. The zero-order chi connectivity index (χ0) is 19.9. The first kappa shape index (κ1) is 19.7. The molecule has 28 heavy (non-hydrogen) atoms. The van der Waals surface area contributed by atoms with Crippen LogP contribution in [-0.2, 0) is 0 Å². The van der Waals surface area contributed by atoms with E-state index in [1.807, 2.05) is 12.1 Å². The zero-order valence-electron chi connectivity index (χ0n) is 16.1. The molecule has 0 unspecified atom stereocenters. The summed E-state index contributed by atoms with van der Waals surface area (Å²) in [5, 5.41) is 15.0. The second kappa shape index (κ2) is 9.23. The van der Waals surface area contributed by atoms with Crippen LogP contribution in [0.1, 0.15) is 13.8 Å². The van der Waals surface area contributed by atoms with E-state index in [9.17, 15) is 0 Å². The van der Waals surface area contributed by atoms with E-state index >= 15 is 0 Å². The largest absolute Gasteiger partial charge is 0.495 e. The molecule has 8 heteroatoms. The standard InChI is InChI=1S/C20H23ClN6O/c1-4-27(5-2)16-9-7-15(8-10-16)23-20-25-19(13-22-26-20)24-17-12-14(21)6-11-18(17)28-3/h6-13H,4-5H2,1-3H3,(H2,23,24,25,26). The first-order chi connectivity index (χ1) is 13.6. The van der Waals surface area contributed by atoms with Crippen molar-refractivity contribution in [1.82, 2.24) is 15.2 Å². The van der Waals surface area contributed by atoms with Crippen molar-refractivity contribution in [2.24, 2.45) is 0 Å². The number of hydrogen-bond donors (Lipinski definition) is 2. The molecule has 0 bridgehead atoms. The monoisotopic (exact) mass is 398 g/mol. The van der Waals surface area contributed by atoms with Crippen molar-refractivity contribution in [3.8, 4) is 5.75 Å². The highest BCUT2D eigenvalue weighted by Crippen LogP contribution is 2.30. The van der Waals surface area contributed by atoms with E-state index in [0.717, 1.165) is 18.8 Å². The molecule has 7 nitrogen and oxygen atoms in total. The lowest BCUT2D eigenvalue weighted by atomic mass is 10.2. The van der Waals surface area contributed by atoms with Gasteiger partial charge < -0.3 is 20.3 Å². The van der Waals surface area contributed by atoms with Crippen LogP contribution in [0, 0.1) is 0 Å². The van der Waals surface area contributed by atoms with Crippen LogP contribution in [-0.4, -0.2) is 35.4 Å². The molecule has 0 saturated carbocycles. The van der Waals surface area contributed by atoms with Crippen LogP contribution in [0.2, 0.25) is 5.02 Å². The van der Waals surface area contributed by atoms with E-state index in [1.165, 1.54) is 11.9 Å². The van der Waals surface area contributed by atoms with Gasteiger partial charge in [0.1, 0.15) is 5.75 Å². The maximum atomic E-state index is 6.07. The number of aromatic nitrogens is 3.